The van der Waals surface area contributed by atoms with Gasteiger partial charge in [-0.15, -0.1) is 0 Å². The van der Waals surface area contributed by atoms with Gasteiger partial charge in [0.05, 0.1) is 18.9 Å². The van der Waals surface area contributed by atoms with Crippen molar-refractivity contribution in [3.63, 3.8) is 0 Å². The molecule has 1 aliphatic heterocycles. The Hall–Kier alpha value is -2.95. The number of hydrazine groups is 1. The number of urea groups is 1. The first-order valence-corrected chi connectivity index (χ1v) is 8.00. The van der Waals surface area contributed by atoms with Gasteiger partial charge in [0.2, 0.25) is 5.95 Å². The number of amides is 2. The summed E-state index contributed by atoms with van der Waals surface area (Å²) in [6.07, 6.45) is -1.98. The summed E-state index contributed by atoms with van der Waals surface area (Å²) in [6.45, 7) is -0.561. The van der Waals surface area contributed by atoms with Crippen LogP contribution in [0.25, 0.3) is 0 Å². The van der Waals surface area contributed by atoms with E-state index in [4.69, 9.17) is 0 Å². The highest BCUT2D eigenvalue weighted by Crippen LogP contribution is 2.28. The summed E-state index contributed by atoms with van der Waals surface area (Å²) < 4.78 is 50.4. The minimum absolute atomic E-state index is 0.00410. The van der Waals surface area contributed by atoms with E-state index in [2.05, 4.69) is 26.1 Å². The summed E-state index contributed by atoms with van der Waals surface area (Å²) in [5, 5.41) is 2.63. The third-order valence-corrected chi connectivity index (χ3v) is 3.90. The van der Waals surface area contributed by atoms with Crippen LogP contribution in [-0.2, 0) is 13.0 Å². The van der Waals surface area contributed by atoms with E-state index in [9.17, 15) is 22.4 Å². The number of halogens is 4. The highest BCUT2D eigenvalue weighted by Gasteiger charge is 2.32. The van der Waals surface area contributed by atoms with Crippen LogP contribution in [0.15, 0.2) is 30.6 Å². The Morgan fingerprint density at radius 2 is 1.96 bits per heavy atom. The van der Waals surface area contributed by atoms with Gasteiger partial charge in [-0.3, -0.25) is 10.3 Å². The molecule has 3 N–H and O–H groups in total. The molecular weight excluding hydrogens is 368 g/mol. The number of hydrogen-bond acceptors (Lipinski definition) is 5. The number of rotatable bonds is 4. The second-order valence-electron chi connectivity index (χ2n) is 5.95. The minimum atomic E-state index is -4.25. The lowest BCUT2D eigenvalue weighted by Gasteiger charge is -2.30. The van der Waals surface area contributed by atoms with E-state index in [1.165, 1.54) is 4.90 Å². The monoisotopic (exact) mass is 384 g/mol. The second-order valence-corrected chi connectivity index (χ2v) is 5.95. The van der Waals surface area contributed by atoms with Gasteiger partial charge >= 0.3 is 12.2 Å². The fourth-order valence-electron chi connectivity index (χ4n) is 2.82. The first kappa shape index (κ1) is 18.8. The summed E-state index contributed by atoms with van der Waals surface area (Å²) in [4.78, 5) is 20.6. The standard InChI is InChI=1S/C16H16F4N6O/c17-11-6-21-14(22-7-11)24-25-15(27)23-13-3-1-2-10-8-26(5-4-12(10)13)9-16(18,19)20/h1-3,6-7H,4-5,8-9H2,(H,21,22,24)(H2,23,25,27). The van der Waals surface area contributed by atoms with Gasteiger partial charge in [-0.2, -0.15) is 13.2 Å². The van der Waals surface area contributed by atoms with Crippen LogP contribution in [0.5, 0.6) is 0 Å². The van der Waals surface area contributed by atoms with Gasteiger partial charge in [0, 0.05) is 18.8 Å². The highest BCUT2D eigenvalue weighted by molar-refractivity contribution is 5.90. The Balaban J connectivity index is 1.60. The van der Waals surface area contributed by atoms with Crippen molar-refractivity contribution in [2.24, 2.45) is 0 Å². The number of benzene rings is 1. The number of anilines is 2. The third-order valence-electron chi connectivity index (χ3n) is 3.90. The van der Waals surface area contributed by atoms with Crippen LogP contribution in [-0.4, -0.2) is 40.2 Å². The molecule has 0 unspecified atom stereocenters. The Morgan fingerprint density at radius 1 is 1.22 bits per heavy atom. The molecule has 0 radical (unpaired) electrons. The van der Waals surface area contributed by atoms with Gasteiger partial charge in [-0.1, -0.05) is 12.1 Å². The van der Waals surface area contributed by atoms with E-state index in [1.807, 2.05) is 0 Å². The van der Waals surface area contributed by atoms with E-state index in [0.29, 0.717) is 12.1 Å². The quantitative estimate of drug-likeness (QED) is 0.558. The maximum Gasteiger partial charge on any atom is 0.401 e. The van der Waals surface area contributed by atoms with Crippen molar-refractivity contribution in [1.82, 2.24) is 20.3 Å². The van der Waals surface area contributed by atoms with Crippen LogP contribution < -0.4 is 16.2 Å². The largest absolute Gasteiger partial charge is 0.401 e. The lowest BCUT2D eigenvalue weighted by atomic mass is 9.97. The second kappa shape index (κ2) is 7.74. The molecule has 0 fully saturated rings. The number of carbonyl (C=O) groups is 1. The molecule has 2 heterocycles. The Labute approximate surface area is 151 Å². The van der Waals surface area contributed by atoms with Crippen LogP contribution in [0.2, 0.25) is 0 Å². The maximum absolute atomic E-state index is 12.7. The zero-order valence-electron chi connectivity index (χ0n) is 14.0. The predicted octanol–water partition coefficient (Wildman–Crippen LogP) is 2.68. The molecule has 0 bridgehead atoms. The Kier molecular flexibility index (Phi) is 5.40. The fourth-order valence-corrected chi connectivity index (χ4v) is 2.82. The van der Waals surface area contributed by atoms with Crippen molar-refractivity contribution in [1.29, 1.82) is 0 Å². The number of nitrogens with one attached hydrogen (secondary N) is 3. The molecule has 2 aromatic rings. The van der Waals surface area contributed by atoms with Gasteiger partial charge in [-0.05, 0) is 23.6 Å². The van der Waals surface area contributed by atoms with Crippen LogP contribution >= 0.6 is 0 Å². The van der Waals surface area contributed by atoms with Crippen LogP contribution in [0, 0.1) is 5.82 Å². The van der Waals surface area contributed by atoms with Crippen molar-refractivity contribution < 1.29 is 22.4 Å². The highest BCUT2D eigenvalue weighted by atomic mass is 19.4. The first-order valence-electron chi connectivity index (χ1n) is 8.00. The number of alkyl halides is 3. The topological polar surface area (TPSA) is 82.2 Å². The molecule has 0 spiro atoms. The summed E-state index contributed by atoms with van der Waals surface area (Å²) in [6, 6.07) is 4.47. The average molecular weight is 384 g/mol. The molecule has 1 aromatic heterocycles. The van der Waals surface area contributed by atoms with E-state index >= 15 is 0 Å². The minimum Gasteiger partial charge on any atom is -0.306 e. The van der Waals surface area contributed by atoms with Crippen molar-refractivity contribution in [2.75, 3.05) is 23.8 Å². The SMILES string of the molecule is O=C(NNc1ncc(F)cn1)Nc1cccc2c1CCN(CC(F)(F)F)C2. The first-order chi connectivity index (χ1) is 12.8. The molecular formula is C16H16F4N6O. The van der Waals surface area contributed by atoms with Gasteiger partial charge in [0.15, 0.2) is 5.82 Å². The van der Waals surface area contributed by atoms with Crippen molar-refractivity contribution in [3.05, 3.63) is 47.5 Å². The normalized spacial score (nSPS) is 14.4. The lowest BCUT2D eigenvalue weighted by molar-refractivity contribution is -0.147. The maximum atomic E-state index is 12.7. The van der Waals surface area contributed by atoms with Crippen molar-refractivity contribution >= 4 is 17.7 Å². The summed E-state index contributed by atoms with van der Waals surface area (Å²) >= 11 is 0. The summed E-state index contributed by atoms with van der Waals surface area (Å²) in [5.74, 6) is -0.607. The molecule has 0 saturated heterocycles. The molecule has 11 heteroatoms. The smallest absolute Gasteiger partial charge is 0.306 e. The molecule has 7 nitrogen and oxygen atoms in total. The average Bonchev–Trinajstić information content (AvgIpc) is 2.60. The molecule has 144 valence electrons. The number of aromatic nitrogens is 2. The van der Waals surface area contributed by atoms with Gasteiger partial charge < -0.3 is 5.32 Å². The van der Waals surface area contributed by atoms with Crippen molar-refractivity contribution in [2.45, 2.75) is 19.1 Å². The zero-order chi connectivity index (χ0) is 19.4. The lowest BCUT2D eigenvalue weighted by Crippen LogP contribution is -2.39. The number of hydrogen-bond donors (Lipinski definition) is 3. The molecule has 0 aliphatic carbocycles. The number of carbonyl (C=O) groups excluding carboxylic acids is 1. The van der Waals surface area contributed by atoms with Crippen LogP contribution in [0.3, 0.4) is 0 Å². The van der Waals surface area contributed by atoms with Crippen molar-refractivity contribution in [3.8, 4) is 0 Å². The number of nitrogens with zero attached hydrogens (tertiary/aromatic N) is 3. The van der Waals surface area contributed by atoms with E-state index in [-0.39, 0.29) is 19.0 Å². The van der Waals surface area contributed by atoms with E-state index in [1.54, 1.807) is 18.2 Å². The summed E-state index contributed by atoms with van der Waals surface area (Å²) in [7, 11) is 0. The Morgan fingerprint density at radius 3 is 2.67 bits per heavy atom. The molecule has 27 heavy (non-hydrogen) atoms. The molecule has 1 aliphatic rings. The number of fused-ring (bicyclic) bond motifs is 1. The van der Waals surface area contributed by atoms with Gasteiger partial charge in [0.1, 0.15) is 0 Å². The molecule has 0 atom stereocenters. The molecule has 3 rings (SSSR count). The van der Waals surface area contributed by atoms with Crippen LogP contribution in [0.1, 0.15) is 11.1 Å². The molecule has 0 saturated carbocycles. The Bertz CT molecular complexity index is 812. The molecule has 2 amide bonds. The third kappa shape index (κ3) is 5.26. The summed E-state index contributed by atoms with van der Waals surface area (Å²) in [5.41, 5.74) is 6.77. The van der Waals surface area contributed by atoms with Crippen LogP contribution in [0.4, 0.5) is 34.0 Å². The van der Waals surface area contributed by atoms with E-state index < -0.39 is 24.6 Å². The van der Waals surface area contributed by atoms with Gasteiger partial charge in [0.25, 0.3) is 0 Å². The zero-order valence-corrected chi connectivity index (χ0v) is 14.0. The predicted molar refractivity (Wildman–Crippen MR) is 89.2 cm³/mol. The van der Waals surface area contributed by atoms with E-state index in [0.717, 1.165) is 23.5 Å². The molecule has 1 aromatic carbocycles. The fraction of sp³-hybridized carbons (Fsp3) is 0.312. The van der Waals surface area contributed by atoms with Gasteiger partial charge in [-0.25, -0.2) is 24.6 Å².